The first-order chi connectivity index (χ1) is 15.2. The second-order valence-electron chi connectivity index (χ2n) is 7.62. The van der Waals surface area contributed by atoms with Crippen molar-refractivity contribution in [3.05, 3.63) is 78.0 Å². The summed E-state index contributed by atoms with van der Waals surface area (Å²) in [6, 6.07) is 19.2. The standard InChI is InChI=1S/C25H28N4O2/c1-2-31-22-12-10-20(11-13-22)27-24-23(9-6-14-26-24)25(30)28-21-8-5-7-19(17-21)18-29-15-3-4-16-29/h5-14,17H,2-4,15-16,18H2,1H3,(H,26,27)(H,28,30). The molecule has 2 heterocycles. The monoisotopic (exact) mass is 416 g/mol. The molecule has 0 radical (unpaired) electrons. The highest BCUT2D eigenvalue weighted by Crippen LogP contribution is 2.23. The lowest BCUT2D eigenvalue weighted by Crippen LogP contribution is -2.19. The Morgan fingerprint density at radius 2 is 1.84 bits per heavy atom. The Balaban J connectivity index is 1.45. The summed E-state index contributed by atoms with van der Waals surface area (Å²) in [5, 5.41) is 6.25. The molecule has 6 nitrogen and oxygen atoms in total. The van der Waals surface area contributed by atoms with Crippen LogP contribution in [0, 0.1) is 0 Å². The summed E-state index contributed by atoms with van der Waals surface area (Å²) in [5.41, 5.74) is 3.32. The van der Waals surface area contributed by atoms with Gasteiger partial charge in [0.2, 0.25) is 0 Å². The van der Waals surface area contributed by atoms with Crippen LogP contribution in [0.2, 0.25) is 0 Å². The third kappa shape index (κ3) is 5.61. The van der Waals surface area contributed by atoms with Gasteiger partial charge in [0, 0.05) is 24.1 Å². The molecule has 0 aliphatic carbocycles. The van der Waals surface area contributed by atoms with Crippen molar-refractivity contribution in [1.29, 1.82) is 0 Å². The maximum atomic E-state index is 13.0. The highest BCUT2D eigenvalue weighted by Gasteiger charge is 2.15. The Bertz CT molecular complexity index is 1010. The van der Waals surface area contributed by atoms with E-state index >= 15 is 0 Å². The van der Waals surface area contributed by atoms with E-state index in [0.717, 1.165) is 36.8 Å². The van der Waals surface area contributed by atoms with Crippen molar-refractivity contribution in [1.82, 2.24) is 9.88 Å². The van der Waals surface area contributed by atoms with Gasteiger partial charge in [-0.3, -0.25) is 9.69 Å². The van der Waals surface area contributed by atoms with E-state index in [4.69, 9.17) is 4.74 Å². The Labute approximate surface area is 183 Å². The topological polar surface area (TPSA) is 66.5 Å². The molecule has 0 atom stereocenters. The van der Waals surface area contributed by atoms with Crippen LogP contribution in [-0.4, -0.2) is 35.5 Å². The molecule has 31 heavy (non-hydrogen) atoms. The highest BCUT2D eigenvalue weighted by molar-refractivity contribution is 6.07. The minimum absolute atomic E-state index is 0.195. The van der Waals surface area contributed by atoms with Gasteiger partial charge in [0.15, 0.2) is 0 Å². The van der Waals surface area contributed by atoms with Gasteiger partial charge in [-0.15, -0.1) is 0 Å². The first-order valence-electron chi connectivity index (χ1n) is 10.8. The molecule has 0 saturated carbocycles. The molecule has 1 fully saturated rings. The molecular formula is C25H28N4O2. The minimum Gasteiger partial charge on any atom is -0.494 e. The quantitative estimate of drug-likeness (QED) is 0.537. The van der Waals surface area contributed by atoms with E-state index in [0.29, 0.717) is 18.0 Å². The van der Waals surface area contributed by atoms with E-state index in [1.807, 2.05) is 49.4 Å². The molecule has 2 N–H and O–H groups in total. The predicted octanol–water partition coefficient (Wildman–Crippen LogP) is 5.07. The number of carbonyl (C=O) groups excluding carboxylic acids is 1. The first-order valence-corrected chi connectivity index (χ1v) is 10.8. The van der Waals surface area contributed by atoms with E-state index in [1.165, 1.54) is 18.4 Å². The minimum atomic E-state index is -0.195. The zero-order valence-electron chi connectivity index (χ0n) is 17.8. The van der Waals surface area contributed by atoms with Gasteiger partial charge in [-0.25, -0.2) is 4.98 Å². The van der Waals surface area contributed by atoms with Crippen LogP contribution < -0.4 is 15.4 Å². The number of pyridine rings is 1. The number of nitrogens with zero attached hydrogens (tertiary/aromatic N) is 2. The van der Waals surface area contributed by atoms with E-state index in [2.05, 4.69) is 26.6 Å². The molecular weight excluding hydrogens is 388 g/mol. The molecule has 2 aromatic carbocycles. The fourth-order valence-corrected chi connectivity index (χ4v) is 3.77. The highest BCUT2D eigenvalue weighted by atomic mass is 16.5. The Morgan fingerprint density at radius 1 is 1.03 bits per heavy atom. The van der Waals surface area contributed by atoms with Crippen molar-refractivity contribution in [2.75, 3.05) is 30.3 Å². The number of aromatic nitrogens is 1. The molecule has 1 aliphatic rings. The summed E-state index contributed by atoms with van der Waals surface area (Å²) in [7, 11) is 0. The van der Waals surface area contributed by atoms with Gasteiger partial charge >= 0.3 is 0 Å². The molecule has 4 rings (SSSR count). The van der Waals surface area contributed by atoms with Gasteiger partial charge in [-0.2, -0.15) is 0 Å². The van der Waals surface area contributed by atoms with Crippen LogP contribution in [0.3, 0.4) is 0 Å². The lowest BCUT2D eigenvalue weighted by molar-refractivity contribution is 0.102. The van der Waals surface area contributed by atoms with Crippen LogP contribution in [0.15, 0.2) is 66.9 Å². The smallest absolute Gasteiger partial charge is 0.259 e. The first kappa shape index (κ1) is 20.9. The predicted molar refractivity (Wildman–Crippen MR) is 124 cm³/mol. The average Bonchev–Trinajstić information content (AvgIpc) is 3.29. The normalized spacial score (nSPS) is 13.7. The molecule has 6 heteroatoms. The van der Waals surface area contributed by atoms with E-state index in [-0.39, 0.29) is 5.91 Å². The summed E-state index contributed by atoms with van der Waals surface area (Å²) in [5.74, 6) is 1.12. The van der Waals surface area contributed by atoms with Crippen LogP contribution in [0.5, 0.6) is 5.75 Å². The molecule has 1 saturated heterocycles. The summed E-state index contributed by atoms with van der Waals surface area (Å²) >= 11 is 0. The van der Waals surface area contributed by atoms with Crippen molar-refractivity contribution in [2.24, 2.45) is 0 Å². The van der Waals surface area contributed by atoms with Crippen LogP contribution in [0.1, 0.15) is 35.7 Å². The lowest BCUT2D eigenvalue weighted by Gasteiger charge is -2.16. The maximum Gasteiger partial charge on any atom is 0.259 e. The third-order valence-corrected chi connectivity index (χ3v) is 5.27. The Morgan fingerprint density at radius 3 is 2.61 bits per heavy atom. The molecule has 0 spiro atoms. The van der Waals surface area contributed by atoms with Gasteiger partial charge in [0.25, 0.3) is 5.91 Å². The fourth-order valence-electron chi connectivity index (χ4n) is 3.77. The number of hydrogen-bond acceptors (Lipinski definition) is 5. The summed E-state index contributed by atoms with van der Waals surface area (Å²) < 4.78 is 5.48. The number of rotatable bonds is 8. The largest absolute Gasteiger partial charge is 0.494 e. The van der Waals surface area contributed by atoms with Crippen LogP contribution in [0.4, 0.5) is 17.2 Å². The SMILES string of the molecule is CCOc1ccc(Nc2ncccc2C(=O)Nc2cccc(CN3CCCC3)c2)cc1. The van der Waals surface area contributed by atoms with Gasteiger partial charge in [-0.05, 0) is 86.9 Å². The van der Waals surface area contributed by atoms with Gasteiger partial charge in [0.05, 0.1) is 12.2 Å². The lowest BCUT2D eigenvalue weighted by atomic mass is 10.1. The van der Waals surface area contributed by atoms with Gasteiger partial charge in [-0.1, -0.05) is 12.1 Å². The number of likely N-dealkylation sites (tertiary alicyclic amines) is 1. The number of hydrogen-bond donors (Lipinski definition) is 2. The number of anilines is 3. The molecule has 1 aromatic heterocycles. The van der Waals surface area contributed by atoms with Crippen LogP contribution >= 0.6 is 0 Å². The molecule has 0 unspecified atom stereocenters. The van der Waals surface area contributed by atoms with Crippen LogP contribution in [0.25, 0.3) is 0 Å². The van der Waals surface area contributed by atoms with Crippen molar-refractivity contribution in [2.45, 2.75) is 26.3 Å². The summed E-state index contributed by atoms with van der Waals surface area (Å²) in [6.45, 7) is 5.78. The third-order valence-electron chi connectivity index (χ3n) is 5.27. The van der Waals surface area contributed by atoms with E-state index < -0.39 is 0 Å². The zero-order valence-corrected chi connectivity index (χ0v) is 17.8. The van der Waals surface area contributed by atoms with Crippen molar-refractivity contribution in [3.8, 4) is 5.75 Å². The van der Waals surface area contributed by atoms with Crippen molar-refractivity contribution >= 4 is 23.1 Å². The Kier molecular flexibility index (Phi) is 6.79. The second kappa shape index (κ2) is 10.1. The van der Waals surface area contributed by atoms with Gasteiger partial charge in [0.1, 0.15) is 11.6 Å². The number of ether oxygens (including phenoxy) is 1. The summed E-state index contributed by atoms with van der Waals surface area (Å²) in [4.78, 5) is 19.8. The van der Waals surface area contributed by atoms with Crippen molar-refractivity contribution in [3.63, 3.8) is 0 Å². The molecule has 0 bridgehead atoms. The fraction of sp³-hybridized carbons (Fsp3) is 0.280. The molecule has 160 valence electrons. The average molecular weight is 417 g/mol. The zero-order chi connectivity index (χ0) is 21.5. The number of amides is 1. The second-order valence-corrected chi connectivity index (χ2v) is 7.62. The van der Waals surface area contributed by atoms with E-state index in [9.17, 15) is 4.79 Å². The van der Waals surface area contributed by atoms with Crippen molar-refractivity contribution < 1.29 is 9.53 Å². The number of nitrogens with one attached hydrogen (secondary N) is 2. The van der Waals surface area contributed by atoms with Crippen LogP contribution in [-0.2, 0) is 6.54 Å². The maximum absolute atomic E-state index is 13.0. The van der Waals surface area contributed by atoms with E-state index in [1.54, 1.807) is 18.3 Å². The molecule has 1 aliphatic heterocycles. The summed E-state index contributed by atoms with van der Waals surface area (Å²) in [6.07, 6.45) is 4.20. The molecule has 3 aromatic rings. The molecule has 1 amide bonds. The Hall–Kier alpha value is -3.38. The number of carbonyl (C=O) groups is 1. The van der Waals surface area contributed by atoms with Gasteiger partial charge < -0.3 is 15.4 Å². The number of benzene rings is 2.